The van der Waals surface area contributed by atoms with E-state index in [1.165, 1.54) is 23.7 Å². The van der Waals surface area contributed by atoms with Crippen LogP contribution in [0.1, 0.15) is 6.92 Å². The molecule has 1 atom stereocenters. The van der Waals surface area contributed by atoms with Gasteiger partial charge in [-0.2, -0.15) is 4.68 Å². The molecule has 1 N–H and O–H groups in total. The first kappa shape index (κ1) is 21.5. The van der Waals surface area contributed by atoms with Gasteiger partial charge in [-0.15, -0.1) is 18.3 Å². The van der Waals surface area contributed by atoms with Crippen LogP contribution in [-0.4, -0.2) is 37.7 Å². The van der Waals surface area contributed by atoms with Gasteiger partial charge >= 0.3 is 6.36 Å². The Morgan fingerprint density at radius 3 is 2.37 bits per heavy atom. The standard InChI is InChI=1S/C17H12F5N5O2S/c1-9(15(28)23-14-12(18)3-2-4-13(14)19)30-16-24-25-26-27(16)10-5-7-11(8-6-10)29-17(20,21)22/h2-9H,1H3,(H,23,28). The highest BCUT2D eigenvalue weighted by atomic mass is 32.2. The van der Waals surface area contributed by atoms with Crippen molar-refractivity contribution in [1.29, 1.82) is 0 Å². The average Bonchev–Trinajstić information content (AvgIpc) is 3.12. The zero-order chi connectivity index (χ0) is 21.9. The van der Waals surface area contributed by atoms with Crippen molar-refractivity contribution in [3.8, 4) is 11.4 Å². The third-order valence-corrected chi connectivity index (χ3v) is 4.65. The smallest absolute Gasteiger partial charge is 0.406 e. The molecule has 0 aliphatic rings. The number of halogens is 5. The maximum absolute atomic E-state index is 13.7. The van der Waals surface area contributed by atoms with Gasteiger partial charge in [0.15, 0.2) is 0 Å². The lowest BCUT2D eigenvalue weighted by atomic mass is 10.3. The number of rotatable bonds is 6. The van der Waals surface area contributed by atoms with Gasteiger partial charge < -0.3 is 10.1 Å². The first-order valence-corrected chi connectivity index (χ1v) is 9.08. The summed E-state index contributed by atoms with van der Waals surface area (Å²) in [5.74, 6) is -2.97. The Morgan fingerprint density at radius 2 is 1.77 bits per heavy atom. The third kappa shape index (κ3) is 5.23. The van der Waals surface area contributed by atoms with Crippen molar-refractivity contribution in [3.05, 3.63) is 54.1 Å². The Bertz CT molecular complexity index is 1020. The Morgan fingerprint density at radius 1 is 1.13 bits per heavy atom. The van der Waals surface area contributed by atoms with E-state index in [0.717, 1.165) is 42.1 Å². The second-order valence-electron chi connectivity index (χ2n) is 5.76. The van der Waals surface area contributed by atoms with Crippen molar-refractivity contribution in [3.63, 3.8) is 0 Å². The Labute approximate surface area is 170 Å². The first-order chi connectivity index (χ1) is 14.1. The summed E-state index contributed by atoms with van der Waals surface area (Å²) in [6.07, 6.45) is -4.82. The zero-order valence-corrected chi connectivity index (χ0v) is 15.8. The van der Waals surface area contributed by atoms with Crippen molar-refractivity contribution in [2.24, 2.45) is 0 Å². The van der Waals surface area contributed by atoms with E-state index in [0.29, 0.717) is 5.69 Å². The normalized spacial score (nSPS) is 12.5. The lowest BCUT2D eigenvalue weighted by Gasteiger charge is -2.13. The van der Waals surface area contributed by atoms with E-state index in [2.05, 4.69) is 25.6 Å². The summed E-state index contributed by atoms with van der Waals surface area (Å²) in [5.41, 5.74) is -0.264. The number of carbonyl (C=O) groups excluding carboxylic acids is 1. The molecule has 7 nitrogen and oxygen atoms in total. The summed E-state index contributed by atoms with van der Waals surface area (Å²) in [4.78, 5) is 12.3. The second-order valence-corrected chi connectivity index (χ2v) is 7.07. The lowest BCUT2D eigenvalue weighted by molar-refractivity contribution is -0.274. The van der Waals surface area contributed by atoms with Gasteiger partial charge in [0.05, 0.1) is 10.9 Å². The Hall–Kier alpha value is -3.22. The first-order valence-electron chi connectivity index (χ1n) is 8.20. The summed E-state index contributed by atoms with van der Waals surface area (Å²) in [5, 5.41) is 12.4. The number of para-hydroxylation sites is 1. The monoisotopic (exact) mass is 445 g/mol. The zero-order valence-electron chi connectivity index (χ0n) is 15.0. The van der Waals surface area contributed by atoms with Gasteiger partial charge in [-0.05, 0) is 53.7 Å². The van der Waals surface area contributed by atoms with Crippen LogP contribution in [0.25, 0.3) is 5.69 Å². The van der Waals surface area contributed by atoms with E-state index in [9.17, 15) is 26.7 Å². The third-order valence-electron chi connectivity index (χ3n) is 3.62. The van der Waals surface area contributed by atoms with Crippen molar-refractivity contribution in [2.45, 2.75) is 23.7 Å². The molecule has 0 radical (unpaired) electrons. The van der Waals surface area contributed by atoms with E-state index in [1.54, 1.807) is 0 Å². The highest BCUT2D eigenvalue weighted by Gasteiger charge is 2.31. The number of hydrogen-bond acceptors (Lipinski definition) is 6. The fourth-order valence-corrected chi connectivity index (χ4v) is 3.06. The quantitative estimate of drug-likeness (QED) is 0.457. The van der Waals surface area contributed by atoms with Gasteiger partial charge in [0.2, 0.25) is 11.1 Å². The number of anilines is 1. The SMILES string of the molecule is CC(Sc1nnnn1-c1ccc(OC(F)(F)F)cc1)C(=O)Nc1c(F)cccc1F. The number of nitrogens with zero attached hydrogens (tertiary/aromatic N) is 4. The van der Waals surface area contributed by atoms with E-state index in [1.807, 2.05) is 0 Å². The minimum atomic E-state index is -4.82. The minimum absolute atomic E-state index is 0.135. The van der Waals surface area contributed by atoms with Crippen LogP contribution in [0.3, 0.4) is 0 Å². The lowest BCUT2D eigenvalue weighted by Crippen LogP contribution is -2.24. The van der Waals surface area contributed by atoms with Crippen LogP contribution < -0.4 is 10.1 Å². The molecule has 1 unspecified atom stereocenters. The van der Waals surface area contributed by atoms with Crippen LogP contribution in [0.5, 0.6) is 5.75 Å². The van der Waals surface area contributed by atoms with Crippen molar-refractivity contribution in [2.75, 3.05) is 5.32 Å². The number of alkyl halides is 3. The molecule has 13 heteroatoms. The van der Waals surface area contributed by atoms with Gasteiger partial charge in [-0.3, -0.25) is 4.79 Å². The number of nitrogens with one attached hydrogen (secondary N) is 1. The summed E-state index contributed by atoms with van der Waals surface area (Å²) in [7, 11) is 0. The van der Waals surface area contributed by atoms with Crippen LogP contribution >= 0.6 is 11.8 Å². The van der Waals surface area contributed by atoms with Crippen LogP contribution in [0.15, 0.2) is 47.6 Å². The summed E-state index contributed by atoms with van der Waals surface area (Å²) < 4.78 is 69.1. The molecule has 0 aliphatic heterocycles. The van der Waals surface area contributed by atoms with Gasteiger partial charge in [0, 0.05) is 0 Å². The highest BCUT2D eigenvalue weighted by Crippen LogP contribution is 2.27. The van der Waals surface area contributed by atoms with Crippen LogP contribution in [0, 0.1) is 11.6 Å². The second kappa shape index (κ2) is 8.65. The molecule has 1 amide bonds. The van der Waals surface area contributed by atoms with E-state index in [-0.39, 0.29) is 5.16 Å². The molecule has 0 spiro atoms. The number of benzene rings is 2. The molecule has 3 rings (SSSR count). The predicted octanol–water partition coefficient (Wildman–Crippen LogP) is 3.96. The maximum atomic E-state index is 13.7. The molecule has 1 aromatic heterocycles. The molecular weight excluding hydrogens is 433 g/mol. The number of aromatic nitrogens is 4. The summed E-state index contributed by atoms with van der Waals surface area (Å²) in [6, 6.07) is 7.91. The van der Waals surface area contributed by atoms with E-state index in [4.69, 9.17) is 0 Å². The molecule has 158 valence electrons. The van der Waals surface area contributed by atoms with Crippen LogP contribution in [0.4, 0.5) is 27.6 Å². The largest absolute Gasteiger partial charge is 0.573 e. The molecule has 1 heterocycles. The van der Waals surface area contributed by atoms with E-state index < -0.39 is 40.6 Å². The number of carbonyl (C=O) groups is 1. The maximum Gasteiger partial charge on any atom is 0.573 e. The molecular formula is C17H12F5N5O2S. The van der Waals surface area contributed by atoms with Crippen molar-refractivity contribution in [1.82, 2.24) is 20.2 Å². The Kier molecular flexibility index (Phi) is 6.20. The molecule has 0 saturated heterocycles. The average molecular weight is 445 g/mol. The minimum Gasteiger partial charge on any atom is -0.406 e. The van der Waals surface area contributed by atoms with Gasteiger partial charge in [-0.1, -0.05) is 17.8 Å². The van der Waals surface area contributed by atoms with Gasteiger partial charge in [-0.25, -0.2) is 8.78 Å². The summed E-state index contributed by atoms with van der Waals surface area (Å²) in [6.45, 7) is 1.47. The predicted molar refractivity (Wildman–Crippen MR) is 96.1 cm³/mol. The topological polar surface area (TPSA) is 81.9 Å². The fraction of sp³-hybridized carbons (Fsp3) is 0.176. The van der Waals surface area contributed by atoms with Crippen LogP contribution in [-0.2, 0) is 4.79 Å². The molecule has 2 aromatic carbocycles. The molecule has 0 bridgehead atoms. The molecule has 30 heavy (non-hydrogen) atoms. The van der Waals surface area contributed by atoms with E-state index >= 15 is 0 Å². The molecule has 0 saturated carbocycles. The molecule has 3 aromatic rings. The number of ether oxygens (including phenoxy) is 1. The number of hydrogen-bond donors (Lipinski definition) is 1. The van der Waals surface area contributed by atoms with Gasteiger partial charge in [0.25, 0.3) is 0 Å². The Balaban J connectivity index is 1.71. The van der Waals surface area contributed by atoms with Crippen molar-refractivity contribution < 1.29 is 31.5 Å². The van der Waals surface area contributed by atoms with Crippen LogP contribution in [0.2, 0.25) is 0 Å². The van der Waals surface area contributed by atoms with Crippen molar-refractivity contribution >= 4 is 23.4 Å². The molecule has 0 aliphatic carbocycles. The highest BCUT2D eigenvalue weighted by molar-refractivity contribution is 8.00. The molecule has 0 fully saturated rings. The fourth-order valence-electron chi connectivity index (χ4n) is 2.26. The summed E-state index contributed by atoms with van der Waals surface area (Å²) >= 11 is 0.884. The number of thioether (sulfide) groups is 1. The number of amides is 1. The van der Waals surface area contributed by atoms with Gasteiger partial charge in [0.1, 0.15) is 23.1 Å². The number of tetrazole rings is 1.